The minimum atomic E-state index is -1.55. The SMILES string of the molecule is CCn1c(=O)[nH]c(=O)c2nc(C(=O)O)c(=O)[nH]c21. The Kier molecular flexibility index (Phi) is 2.58. The number of carboxylic acids is 1. The van der Waals surface area contributed by atoms with Gasteiger partial charge < -0.3 is 10.1 Å². The van der Waals surface area contributed by atoms with Gasteiger partial charge in [0.1, 0.15) is 5.65 Å². The van der Waals surface area contributed by atoms with Gasteiger partial charge >= 0.3 is 11.7 Å². The summed E-state index contributed by atoms with van der Waals surface area (Å²) in [6.45, 7) is 1.82. The summed E-state index contributed by atoms with van der Waals surface area (Å²) < 4.78 is 1.08. The van der Waals surface area contributed by atoms with Crippen LogP contribution in [0.2, 0.25) is 0 Å². The fraction of sp³-hybridized carbons (Fsp3) is 0.222. The van der Waals surface area contributed by atoms with Crippen LogP contribution in [0.25, 0.3) is 11.2 Å². The molecule has 0 amide bonds. The molecule has 0 spiro atoms. The van der Waals surface area contributed by atoms with E-state index in [1.54, 1.807) is 6.92 Å². The average Bonchev–Trinajstić information content (AvgIpc) is 2.28. The molecule has 2 aromatic heterocycles. The molecule has 0 atom stereocenters. The zero-order valence-electron chi connectivity index (χ0n) is 9.18. The van der Waals surface area contributed by atoms with Gasteiger partial charge in [0.25, 0.3) is 11.1 Å². The van der Waals surface area contributed by atoms with E-state index in [9.17, 15) is 19.2 Å². The highest BCUT2D eigenvalue weighted by Crippen LogP contribution is 1.99. The van der Waals surface area contributed by atoms with E-state index in [0.29, 0.717) is 0 Å². The number of nitrogens with zero attached hydrogens (tertiary/aromatic N) is 2. The number of aryl methyl sites for hydroxylation is 1. The number of carbonyl (C=O) groups is 1. The summed E-state index contributed by atoms with van der Waals surface area (Å²) in [4.78, 5) is 52.8. The van der Waals surface area contributed by atoms with Crippen LogP contribution >= 0.6 is 0 Å². The maximum absolute atomic E-state index is 11.5. The number of rotatable bonds is 2. The summed E-state index contributed by atoms with van der Waals surface area (Å²) in [5.74, 6) is -1.55. The first-order valence-electron chi connectivity index (χ1n) is 4.96. The Labute approximate surface area is 97.7 Å². The topological polar surface area (TPSA) is 138 Å². The van der Waals surface area contributed by atoms with Gasteiger partial charge in [0.05, 0.1) is 0 Å². The van der Waals surface area contributed by atoms with Gasteiger partial charge in [-0.15, -0.1) is 0 Å². The third-order valence-corrected chi connectivity index (χ3v) is 2.36. The number of fused-ring (bicyclic) bond motifs is 1. The van der Waals surface area contributed by atoms with Gasteiger partial charge in [0, 0.05) is 6.54 Å². The smallest absolute Gasteiger partial charge is 0.360 e. The molecule has 0 aliphatic heterocycles. The fourth-order valence-corrected chi connectivity index (χ4v) is 1.57. The number of aromatic amines is 2. The van der Waals surface area contributed by atoms with Crippen molar-refractivity contribution in [2.24, 2.45) is 0 Å². The predicted octanol–water partition coefficient (Wildman–Crippen LogP) is -1.51. The van der Waals surface area contributed by atoms with Crippen molar-refractivity contribution in [3.63, 3.8) is 0 Å². The van der Waals surface area contributed by atoms with E-state index >= 15 is 0 Å². The van der Waals surface area contributed by atoms with Crippen molar-refractivity contribution in [2.75, 3.05) is 0 Å². The van der Waals surface area contributed by atoms with Crippen LogP contribution in [0.1, 0.15) is 17.4 Å². The Hall–Kier alpha value is -2.71. The van der Waals surface area contributed by atoms with E-state index in [4.69, 9.17) is 5.11 Å². The van der Waals surface area contributed by atoms with Crippen LogP contribution in [0.3, 0.4) is 0 Å². The second-order valence-corrected chi connectivity index (χ2v) is 3.42. The lowest BCUT2D eigenvalue weighted by Gasteiger charge is -2.05. The maximum Gasteiger partial charge on any atom is 0.360 e. The molecule has 0 bridgehead atoms. The first-order chi connectivity index (χ1) is 8.45. The number of aromatic carboxylic acids is 1. The molecule has 0 unspecified atom stereocenters. The molecule has 0 aliphatic rings. The van der Waals surface area contributed by atoms with E-state index in [1.165, 1.54) is 0 Å². The highest BCUT2D eigenvalue weighted by atomic mass is 16.4. The Morgan fingerprint density at radius 3 is 2.50 bits per heavy atom. The maximum atomic E-state index is 11.5. The van der Waals surface area contributed by atoms with Crippen molar-refractivity contribution in [1.82, 2.24) is 19.5 Å². The summed E-state index contributed by atoms with van der Waals surface area (Å²) in [6.07, 6.45) is 0. The second kappa shape index (κ2) is 3.95. The zero-order valence-corrected chi connectivity index (χ0v) is 9.18. The van der Waals surface area contributed by atoms with E-state index in [2.05, 4.69) is 9.97 Å². The molecule has 0 saturated heterocycles. The summed E-state index contributed by atoms with van der Waals surface area (Å²) in [7, 11) is 0. The van der Waals surface area contributed by atoms with E-state index < -0.39 is 28.5 Å². The van der Waals surface area contributed by atoms with E-state index in [-0.39, 0.29) is 17.7 Å². The van der Waals surface area contributed by atoms with Crippen molar-refractivity contribution in [3.05, 3.63) is 36.9 Å². The number of H-pyrrole nitrogens is 2. The number of nitrogens with one attached hydrogen (secondary N) is 2. The van der Waals surface area contributed by atoms with Crippen LogP contribution < -0.4 is 16.8 Å². The molecule has 3 N–H and O–H groups in total. The van der Waals surface area contributed by atoms with Crippen LogP contribution in [0.5, 0.6) is 0 Å². The van der Waals surface area contributed by atoms with Crippen LogP contribution in [0, 0.1) is 0 Å². The fourth-order valence-electron chi connectivity index (χ4n) is 1.57. The molecule has 0 radical (unpaired) electrons. The molecule has 94 valence electrons. The van der Waals surface area contributed by atoms with Crippen molar-refractivity contribution in [2.45, 2.75) is 13.5 Å². The van der Waals surface area contributed by atoms with Crippen LogP contribution in [-0.4, -0.2) is 30.6 Å². The molecule has 0 aliphatic carbocycles. The van der Waals surface area contributed by atoms with Crippen molar-refractivity contribution < 1.29 is 9.90 Å². The van der Waals surface area contributed by atoms with Gasteiger partial charge in [-0.1, -0.05) is 0 Å². The summed E-state index contributed by atoms with van der Waals surface area (Å²) in [5.41, 5.74) is -3.71. The number of hydrogen-bond donors (Lipinski definition) is 3. The lowest BCUT2D eigenvalue weighted by atomic mass is 10.4. The molecule has 2 heterocycles. The number of aromatic nitrogens is 4. The summed E-state index contributed by atoms with van der Waals surface area (Å²) >= 11 is 0. The molecule has 2 rings (SSSR count). The minimum Gasteiger partial charge on any atom is -0.476 e. The van der Waals surface area contributed by atoms with Crippen molar-refractivity contribution >= 4 is 17.1 Å². The molecule has 9 heteroatoms. The highest BCUT2D eigenvalue weighted by molar-refractivity contribution is 5.87. The Morgan fingerprint density at radius 1 is 1.28 bits per heavy atom. The summed E-state index contributed by atoms with van der Waals surface area (Å²) in [6, 6.07) is 0. The van der Waals surface area contributed by atoms with Gasteiger partial charge in [-0.05, 0) is 6.92 Å². The molecule has 2 aromatic rings. The third-order valence-electron chi connectivity index (χ3n) is 2.36. The largest absolute Gasteiger partial charge is 0.476 e. The van der Waals surface area contributed by atoms with Gasteiger partial charge in [-0.3, -0.25) is 19.1 Å². The van der Waals surface area contributed by atoms with E-state index in [1.807, 2.05) is 4.98 Å². The third kappa shape index (κ3) is 1.61. The van der Waals surface area contributed by atoms with Gasteiger partial charge in [-0.2, -0.15) is 0 Å². The Bertz CT molecular complexity index is 812. The zero-order chi connectivity index (χ0) is 13.4. The first-order valence-corrected chi connectivity index (χ1v) is 4.96. The molecular weight excluding hydrogens is 244 g/mol. The van der Waals surface area contributed by atoms with Gasteiger partial charge in [0.15, 0.2) is 5.52 Å². The van der Waals surface area contributed by atoms with Gasteiger partial charge in [0.2, 0.25) is 5.69 Å². The number of hydrogen-bond acceptors (Lipinski definition) is 5. The average molecular weight is 252 g/mol. The minimum absolute atomic E-state index is 0.0961. The lowest BCUT2D eigenvalue weighted by molar-refractivity contribution is 0.0689. The Morgan fingerprint density at radius 2 is 1.94 bits per heavy atom. The lowest BCUT2D eigenvalue weighted by Crippen LogP contribution is -2.34. The number of carboxylic acid groups (broad SMARTS) is 1. The van der Waals surface area contributed by atoms with Crippen LogP contribution in [-0.2, 0) is 6.54 Å². The Balaban J connectivity index is 3.06. The van der Waals surface area contributed by atoms with E-state index in [0.717, 1.165) is 4.57 Å². The first kappa shape index (κ1) is 11.8. The predicted molar refractivity (Wildman–Crippen MR) is 59.9 cm³/mol. The van der Waals surface area contributed by atoms with Crippen LogP contribution in [0.15, 0.2) is 14.4 Å². The summed E-state index contributed by atoms with van der Waals surface area (Å²) in [5, 5.41) is 8.73. The molecular formula is C9H8N4O5. The normalized spacial score (nSPS) is 10.7. The molecule has 0 aromatic carbocycles. The van der Waals surface area contributed by atoms with Crippen molar-refractivity contribution in [1.29, 1.82) is 0 Å². The standard InChI is InChI=1S/C9H8N4O5/c1-2-13-5-3(6(14)12-9(13)18)10-4(8(16)17)7(15)11-5/h2H2,1H3,(H,11,15)(H,16,17)(H,12,14,18). The van der Waals surface area contributed by atoms with Crippen molar-refractivity contribution in [3.8, 4) is 0 Å². The molecule has 0 saturated carbocycles. The van der Waals surface area contributed by atoms with Gasteiger partial charge in [-0.25, -0.2) is 14.6 Å². The highest BCUT2D eigenvalue weighted by Gasteiger charge is 2.16. The second-order valence-electron chi connectivity index (χ2n) is 3.42. The molecule has 9 nitrogen and oxygen atoms in total. The molecule has 0 fully saturated rings. The monoisotopic (exact) mass is 252 g/mol. The van der Waals surface area contributed by atoms with Crippen LogP contribution in [0.4, 0.5) is 0 Å². The molecule has 18 heavy (non-hydrogen) atoms. The quantitative estimate of drug-likeness (QED) is 0.594.